The van der Waals surface area contributed by atoms with Gasteiger partial charge >= 0.3 is 12.1 Å². The van der Waals surface area contributed by atoms with Gasteiger partial charge in [0.15, 0.2) is 0 Å². The van der Waals surface area contributed by atoms with E-state index in [9.17, 15) is 9.59 Å². The van der Waals surface area contributed by atoms with Gasteiger partial charge in [0, 0.05) is 13.1 Å². The second-order valence-electron chi connectivity index (χ2n) is 5.60. The molecule has 0 aromatic carbocycles. The summed E-state index contributed by atoms with van der Waals surface area (Å²) in [7, 11) is 0. The summed E-state index contributed by atoms with van der Waals surface area (Å²) in [5, 5.41) is 18.0. The highest BCUT2D eigenvalue weighted by molar-refractivity contribution is 5.71. The van der Waals surface area contributed by atoms with Gasteiger partial charge in [0.2, 0.25) is 0 Å². The predicted octanol–water partition coefficient (Wildman–Crippen LogP) is 0.936. The van der Waals surface area contributed by atoms with Crippen molar-refractivity contribution in [1.82, 2.24) is 4.90 Å². The molecule has 2 unspecified atom stereocenters. The summed E-state index contributed by atoms with van der Waals surface area (Å²) < 4.78 is 5.22. The molecule has 104 valence electrons. The summed E-state index contributed by atoms with van der Waals surface area (Å²) in [6.45, 7) is 5.75. The minimum Gasteiger partial charge on any atom is -0.481 e. The van der Waals surface area contributed by atoms with Gasteiger partial charge in [-0.3, -0.25) is 4.79 Å². The molecule has 1 aliphatic rings. The first kappa shape index (κ1) is 14.8. The molecule has 1 aliphatic heterocycles. The summed E-state index contributed by atoms with van der Waals surface area (Å²) in [5.74, 6) is -2.04. The molecule has 0 radical (unpaired) electrons. The van der Waals surface area contributed by atoms with E-state index in [1.807, 2.05) is 0 Å². The van der Waals surface area contributed by atoms with E-state index in [4.69, 9.17) is 14.9 Å². The summed E-state index contributed by atoms with van der Waals surface area (Å²) >= 11 is 0. The Morgan fingerprint density at radius 3 is 2.50 bits per heavy atom. The van der Waals surface area contributed by atoms with Crippen LogP contribution >= 0.6 is 0 Å². The number of carboxylic acids is 1. The molecule has 6 heteroatoms. The molecular weight excluding hydrogens is 238 g/mol. The molecule has 0 aromatic heterocycles. The number of amides is 1. The fourth-order valence-electron chi connectivity index (χ4n) is 2.04. The first-order chi connectivity index (χ1) is 8.24. The third-order valence-corrected chi connectivity index (χ3v) is 2.96. The van der Waals surface area contributed by atoms with Crippen molar-refractivity contribution < 1.29 is 24.5 Å². The van der Waals surface area contributed by atoms with E-state index < -0.39 is 30.2 Å². The smallest absolute Gasteiger partial charge is 0.410 e. The summed E-state index contributed by atoms with van der Waals surface area (Å²) in [4.78, 5) is 24.2. The molecule has 2 atom stereocenters. The third-order valence-electron chi connectivity index (χ3n) is 2.96. The van der Waals surface area contributed by atoms with Crippen molar-refractivity contribution in [3.05, 3.63) is 0 Å². The molecule has 2 N–H and O–H groups in total. The Labute approximate surface area is 107 Å². The number of aliphatic hydroxyl groups is 1. The molecule has 1 amide bonds. The van der Waals surface area contributed by atoms with Crippen molar-refractivity contribution in [3.63, 3.8) is 0 Å². The monoisotopic (exact) mass is 259 g/mol. The van der Waals surface area contributed by atoms with E-state index in [1.165, 1.54) is 4.90 Å². The van der Waals surface area contributed by atoms with Crippen LogP contribution in [0.5, 0.6) is 0 Å². The molecule has 6 nitrogen and oxygen atoms in total. The normalized spacial score (nSPS) is 21.8. The molecule has 0 saturated carbocycles. The highest BCUT2D eigenvalue weighted by Gasteiger charge is 2.36. The van der Waals surface area contributed by atoms with Crippen molar-refractivity contribution in [1.29, 1.82) is 0 Å². The van der Waals surface area contributed by atoms with Crippen LogP contribution in [-0.4, -0.2) is 52.5 Å². The number of likely N-dealkylation sites (tertiary alicyclic amines) is 1. The molecule has 18 heavy (non-hydrogen) atoms. The van der Waals surface area contributed by atoms with Gasteiger partial charge in [0.25, 0.3) is 0 Å². The van der Waals surface area contributed by atoms with Crippen molar-refractivity contribution in [3.8, 4) is 0 Å². The number of rotatable bonds is 3. The van der Waals surface area contributed by atoms with Crippen LogP contribution in [0.3, 0.4) is 0 Å². The largest absolute Gasteiger partial charge is 0.481 e. The summed E-state index contributed by atoms with van der Waals surface area (Å²) in [5.41, 5.74) is -0.557. The Balaban J connectivity index is 2.55. The minimum atomic E-state index is -1.02. The quantitative estimate of drug-likeness (QED) is 0.787. The fourth-order valence-corrected chi connectivity index (χ4v) is 2.04. The molecule has 1 fully saturated rings. The first-order valence-corrected chi connectivity index (χ1v) is 6.06. The van der Waals surface area contributed by atoms with Gasteiger partial charge < -0.3 is 19.8 Å². The highest BCUT2D eigenvalue weighted by atomic mass is 16.6. The molecule has 0 aromatic rings. The second-order valence-corrected chi connectivity index (χ2v) is 5.60. The van der Waals surface area contributed by atoms with Crippen LogP contribution in [-0.2, 0) is 9.53 Å². The van der Waals surface area contributed by atoms with Crippen LogP contribution in [0.25, 0.3) is 0 Å². The average Bonchev–Trinajstić information content (AvgIpc) is 2.64. The number of aliphatic hydroxyl groups excluding tert-OH is 1. The Kier molecular flexibility index (Phi) is 4.56. The number of nitrogens with zero attached hydrogens (tertiary/aromatic N) is 1. The SMILES string of the molecule is CC(C)(C)OC(=O)N1CCC(C(CO)C(=O)O)C1. The van der Waals surface area contributed by atoms with E-state index >= 15 is 0 Å². The van der Waals surface area contributed by atoms with Crippen molar-refractivity contribution in [2.24, 2.45) is 11.8 Å². The van der Waals surface area contributed by atoms with Crippen molar-refractivity contribution >= 4 is 12.1 Å². The molecule has 1 rings (SSSR count). The van der Waals surface area contributed by atoms with Gasteiger partial charge in [-0.25, -0.2) is 4.79 Å². The van der Waals surface area contributed by atoms with E-state index in [1.54, 1.807) is 20.8 Å². The second kappa shape index (κ2) is 5.56. The Morgan fingerprint density at radius 2 is 2.06 bits per heavy atom. The molecule has 1 heterocycles. The van der Waals surface area contributed by atoms with Gasteiger partial charge in [-0.1, -0.05) is 0 Å². The number of ether oxygens (including phenoxy) is 1. The lowest BCUT2D eigenvalue weighted by atomic mass is 9.92. The topological polar surface area (TPSA) is 87.1 Å². The van der Waals surface area contributed by atoms with Crippen LogP contribution < -0.4 is 0 Å². The van der Waals surface area contributed by atoms with Gasteiger partial charge in [0.1, 0.15) is 5.60 Å². The molecule has 0 aliphatic carbocycles. The van der Waals surface area contributed by atoms with Crippen LogP contribution in [0.15, 0.2) is 0 Å². The number of carbonyl (C=O) groups is 2. The highest BCUT2D eigenvalue weighted by Crippen LogP contribution is 2.25. The van der Waals surface area contributed by atoms with E-state index in [0.29, 0.717) is 19.5 Å². The minimum absolute atomic E-state index is 0.208. The van der Waals surface area contributed by atoms with Crippen LogP contribution in [0.1, 0.15) is 27.2 Å². The van der Waals surface area contributed by atoms with Crippen LogP contribution in [0, 0.1) is 11.8 Å². The number of aliphatic carboxylic acids is 1. The number of carbonyl (C=O) groups excluding carboxylic acids is 1. The Bertz CT molecular complexity index is 323. The molecule has 0 spiro atoms. The van der Waals surface area contributed by atoms with Gasteiger partial charge in [-0.2, -0.15) is 0 Å². The maximum absolute atomic E-state index is 11.8. The number of carboxylic acid groups (broad SMARTS) is 1. The standard InChI is InChI=1S/C12H21NO5/c1-12(2,3)18-11(17)13-5-4-8(6-13)9(7-14)10(15)16/h8-9,14H,4-7H2,1-3H3,(H,15,16). The zero-order chi connectivity index (χ0) is 13.9. The van der Waals surface area contributed by atoms with Crippen molar-refractivity contribution in [2.45, 2.75) is 32.8 Å². The fraction of sp³-hybridized carbons (Fsp3) is 0.833. The lowest BCUT2D eigenvalue weighted by Gasteiger charge is -2.25. The third kappa shape index (κ3) is 3.87. The zero-order valence-electron chi connectivity index (χ0n) is 11.0. The van der Waals surface area contributed by atoms with Crippen LogP contribution in [0.2, 0.25) is 0 Å². The average molecular weight is 259 g/mol. The number of hydrogen-bond donors (Lipinski definition) is 2. The van der Waals surface area contributed by atoms with Gasteiger partial charge in [-0.15, -0.1) is 0 Å². The van der Waals surface area contributed by atoms with Crippen molar-refractivity contribution in [2.75, 3.05) is 19.7 Å². The van der Waals surface area contributed by atoms with E-state index in [0.717, 1.165) is 0 Å². The summed E-state index contributed by atoms with van der Waals surface area (Å²) in [6, 6.07) is 0. The van der Waals surface area contributed by atoms with Gasteiger partial charge in [-0.05, 0) is 33.1 Å². The Morgan fingerprint density at radius 1 is 1.44 bits per heavy atom. The van der Waals surface area contributed by atoms with E-state index in [-0.39, 0.29) is 5.92 Å². The predicted molar refractivity (Wildman–Crippen MR) is 64.1 cm³/mol. The maximum atomic E-state index is 11.8. The lowest BCUT2D eigenvalue weighted by Crippen LogP contribution is -2.36. The van der Waals surface area contributed by atoms with E-state index in [2.05, 4.69) is 0 Å². The molecule has 0 bridgehead atoms. The van der Waals surface area contributed by atoms with Crippen LogP contribution in [0.4, 0.5) is 4.79 Å². The van der Waals surface area contributed by atoms with Gasteiger partial charge in [0.05, 0.1) is 12.5 Å². The number of hydrogen-bond acceptors (Lipinski definition) is 4. The zero-order valence-corrected chi connectivity index (χ0v) is 11.0. The maximum Gasteiger partial charge on any atom is 0.410 e. The first-order valence-electron chi connectivity index (χ1n) is 6.06. The Hall–Kier alpha value is -1.30. The summed E-state index contributed by atoms with van der Waals surface area (Å²) in [6.07, 6.45) is 0.156. The lowest BCUT2D eigenvalue weighted by molar-refractivity contribution is -0.145. The molecular formula is C12H21NO5. The molecule has 1 saturated heterocycles.